The smallest absolute Gasteiger partial charge is 0.234 e. The van der Waals surface area contributed by atoms with Crippen molar-refractivity contribution in [3.05, 3.63) is 29.8 Å². The van der Waals surface area contributed by atoms with E-state index >= 15 is 0 Å². The number of nitrogens with one attached hydrogen (secondary N) is 2. The molecule has 1 aromatic rings. The maximum absolute atomic E-state index is 12.6. The molecule has 20 heavy (non-hydrogen) atoms. The number of ether oxygens (including phenoxy) is 1. The molecule has 0 bridgehead atoms. The largest absolute Gasteiger partial charge is 0.384 e. The summed E-state index contributed by atoms with van der Waals surface area (Å²) in [4.78, 5) is 12.6. The molecule has 1 aliphatic rings. The van der Waals surface area contributed by atoms with Crippen molar-refractivity contribution < 1.29 is 9.53 Å². The molecule has 1 unspecified atom stereocenters. The summed E-state index contributed by atoms with van der Waals surface area (Å²) in [5.41, 5.74) is 1.65. The Balaban J connectivity index is 2.12. The fourth-order valence-electron chi connectivity index (χ4n) is 2.64. The van der Waals surface area contributed by atoms with Crippen LogP contribution in [-0.2, 0) is 9.53 Å². The van der Waals surface area contributed by atoms with E-state index in [2.05, 4.69) is 30.5 Å². The Labute approximate surface area is 120 Å². The summed E-state index contributed by atoms with van der Waals surface area (Å²) < 4.78 is 5.25. The Morgan fingerprint density at radius 3 is 2.90 bits per heavy atom. The van der Waals surface area contributed by atoms with Crippen molar-refractivity contribution in [1.82, 2.24) is 5.32 Å². The lowest BCUT2D eigenvalue weighted by Crippen LogP contribution is -2.41. The Morgan fingerprint density at radius 2 is 2.30 bits per heavy atom. The molecule has 0 aliphatic carbocycles. The molecule has 1 atom stereocenters. The minimum absolute atomic E-state index is 0.0465. The second-order valence-corrected chi connectivity index (χ2v) is 5.87. The molecule has 1 saturated heterocycles. The molecule has 2 N–H and O–H groups in total. The highest BCUT2D eigenvalue weighted by Crippen LogP contribution is 2.28. The first-order valence-corrected chi connectivity index (χ1v) is 7.18. The van der Waals surface area contributed by atoms with Crippen molar-refractivity contribution in [2.45, 2.75) is 26.2 Å². The van der Waals surface area contributed by atoms with Gasteiger partial charge in [-0.1, -0.05) is 26.0 Å². The highest BCUT2D eigenvalue weighted by Gasteiger charge is 2.41. The Bertz CT molecular complexity index is 465. The predicted molar refractivity (Wildman–Crippen MR) is 81.0 cm³/mol. The third-order valence-electron chi connectivity index (χ3n) is 3.96. The van der Waals surface area contributed by atoms with Gasteiger partial charge in [0.05, 0.1) is 12.0 Å². The fraction of sp³-hybridized carbons (Fsp3) is 0.562. The molecule has 0 aromatic heterocycles. The molecule has 1 fully saturated rings. The van der Waals surface area contributed by atoms with Gasteiger partial charge in [-0.15, -0.1) is 0 Å². The van der Waals surface area contributed by atoms with Crippen LogP contribution in [0.25, 0.3) is 0 Å². The first-order chi connectivity index (χ1) is 9.57. The summed E-state index contributed by atoms with van der Waals surface area (Å²) in [6.45, 7) is 6.29. The van der Waals surface area contributed by atoms with Crippen LogP contribution in [0.3, 0.4) is 0 Å². The number of methoxy groups -OCH3 is 1. The third-order valence-corrected chi connectivity index (χ3v) is 3.96. The molecule has 1 aromatic carbocycles. The molecule has 0 radical (unpaired) electrons. The van der Waals surface area contributed by atoms with E-state index in [1.54, 1.807) is 7.11 Å². The van der Waals surface area contributed by atoms with E-state index in [1.165, 1.54) is 5.56 Å². The van der Waals surface area contributed by atoms with E-state index in [4.69, 9.17) is 4.74 Å². The average molecular weight is 276 g/mol. The van der Waals surface area contributed by atoms with E-state index in [0.717, 1.165) is 18.7 Å². The van der Waals surface area contributed by atoms with Crippen LogP contribution >= 0.6 is 0 Å². The Kier molecular flexibility index (Phi) is 4.78. The highest BCUT2D eigenvalue weighted by atomic mass is 16.5. The van der Waals surface area contributed by atoms with Crippen molar-refractivity contribution in [1.29, 1.82) is 0 Å². The van der Waals surface area contributed by atoms with E-state index in [-0.39, 0.29) is 5.91 Å². The monoisotopic (exact) mass is 276 g/mol. The molecule has 2 rings (SSSR count). The zero-order valence-corrected chi connectivity index (χ0v) is 12.5. The van der Waals surface area contributed by atoms with Crippen LogP contribution in [0.2, 0.25) is 0 Å². The van der Waals surface area contributed by atoms with Crippen LogP contribution in [-0.4, -0.2) is 32.7 Å². The molecule has 4 nitrogen and oxygen atoms in total. The standard InChI is InChI=1S/C16H24N2O2/c1-12(2)13-5-4-6-14(9-13)18-15(19)16(11-20-3)7-8-17-10-16/h4-6,9,12,17H,7-8,10-11H2,1-3H3,(H,18,19). The van der Waals surface area contributed by atoms with Gasteiger partial charge in [-0.3, -0.25) is 4.79 Å². The van der Waals surface area contributed by atoms with Crippen LogP contribution in [0.1, 0.15) is 31.7 Å². The lowest BCUT2D eigenvalue weighted by atomic mass is 9.87. The quantitative estimate of drug-likeness (QED) is 0.868. The van der Waals surface area contributed by atoms with Crippen molar-refractivity contribution in [2.75, 3.05) is 32.1 Å². The summed E-state index contributed by atoms with van der Waals surface area (Å²) in [6, 6.07) is 8.06. The first-order valence-electron chi connectivity index (χ1n) is 7.18. The molecule has 1 heterocycles. The van der Waals surface area contributed by atoms with Gasteiger partial charge in [0.15, 0.2) is 0 Å². The maximum atomic E-state index is 12.6. The summed E-state index contributed by atoms with van der Waals surface area (Å²) in [6.07, 6.45) is 0.816. The van der Waals surface area contributed by atoms with Crippen LogP contribution in [0.5, 0.6) is 0 Å². The number of carbonyl (C=O) groups excluding carboxylic acids is 1. The topological polar surface area (TPSA) is 50.4 Å². The summed E-state index contributed by atoms with van der Waals surface area (Å²) in [5.74, 6) is 0.498. The predicted octanol–water partition coefficient (Wildman–Crippen LogP) is 2.37. The van der Waals surface area contributed by atoms with Gasteiger partial charge in [-0.2, -0.15) is 0 Å². The van der Waals surface area contributed by atoms with Gasteiger partial charge in [0.2, 0.25) is 5.91 Å². The highest BCUT2D eigenvalue weighted by molar-refractivity contribution is 5.96. The van der Waals surface area contributed by atoms with E-state index in [9.17, 15) is 4.79 Å². The van der Waals surface area contributed by atoms with Crippen LogP contribution in [0, 0.1) is 5.41 Å². The van der Waals surface area contributed by atoms with Gasteiger partial charge >= 0.3 is 0 Å². The Hall–Kier alpha value is -1.39. The third kappa shape index (κ3) is 3.19. The zero-order valence-electron chi connectivity index (χ0n) is 12.5. The zero-order chi connectivity index (χ0) is 14.6. The lowest BCUT2D eigenvalue weighted by Gasteiger charge is -2.26. The number of carbonyl (C=O) groups is 1. The molecule has 1 aliphatic heterocycles. The van der Waals surface area contributed by atoms with Crippen molar-refractivity contribution in [3.8, 4) is 0 Å². The van der Waals surface area contributed by atoms with Crippen molar-refractivity contribution >= 4 is 11.6 Å². The summed E-state index contributed by atoms with van der Waals surface area (Å²) >= 11 is 0. The number of hydrogen-bond acceptors (Lipinski definition) is 3. The Morgan fingerprint density at radius 1 is 1.50 bits per heavy atom. The first kappa shape index (κ1) is 15.0. The second kappa shape index (κ2) is 6.37. The van der Waals surface area contributed by atoms with Crippen molar-refractivity contribution in [2.24, 2.45) is 5.41 Å². The van der Waals surface area contributed by atoms with Gasteiger partial charge in [0.1, 0.15) is 0 Å². The summed E-state index contributed by atoms with van der Waals surface area (Å²) in [7, 11) is 1.65. The van der Waals surface area contributed by atoms with Gasteiger partial charge < -0.3 is 15.4 Å². The second-order valence-electron chi connectivity index (χ2n) is 5.87. The van der Waals surface area contributed by atoms with E-state index in [1.807, 2.05) is 18.2 Å². The number of rotatable bonds is 5. The minimum Gasteiger partial charge on any atom is -0.384 e. The van der Waals surface area contributed by atoms with E-state index in [0.29, 0.717) is 19.1 Å². The molecule has 0 saturated carbocycles. The van der Waals surface area contributed by atoms with Crippen LogP contribution in [0.15, 0.2) is 24.3 Å². The molecular formula is C16H24N2O2. The van der Waals surface area contributed by atoms with Crippen LogP contribution in [0.4, 0.5) is 5.69 Å². The normalized spacial score (nSPS) is 22.2. The van der Waals surface area contributed by atoms with E-state index < -0.39 is 5.41 Å². The van der Waals surface area contributed by atoms with Gasteiger partial charge in [0.25, 0.3) is 0 Å². The number of benzene rings is 1. The summed E-state index contributed by atoms with van der Waals surface area (Å²) in [5, 5.41) is 6.30. The minimum atomic E-state index is -0.442. The van der Waals surface area contributed by atoms with Gasteiger partial charge in [-0.05, 0) is 36.6 Å². The lowest BCUT2D eigenvalue weighted by molar-refractivity contribution is -0.127. The molecule has 4 heteroatoms. The maximum Gasteiger partial charge on any atom is 0.234 e. The number of amides is 1. The average Bonchev–Trinajstić information content (AvgIpc) is 2.89. The van der Waals surface area contributed by atoms with Gasteiger partial charge in [-0.25, -0.2) is 0 Å². The number of hydrogen-bond donors (Lipinski definition) is 2. The van der Waals surface area contributed by atoms with Gasteiger partial charge in [0, 0.05) is 19.3 Å². The van der Waals surface area contributed by atoms with Crippen molar-refractivity contribution in [3.63, 3.8) is 0 Å². The number of anilines is 1. The molecule has 0 spiro atoms. The van der Waals surface area contributed by atoms with Crippen LogP contribution < -0.4 is 10.6 Å². The molecule has 110 valence electrons. The fourth-order valence-corrected chi connectivity index (χ4v) is 2.64. The molecular weight excluding hydrogens is 252 g/mol. The SMILES string of the molecule is COCC1(C(=O)Nc2cccc(C(C)C)c2)CCNC1. The molecule has 1 amide bonds.